The van der Waals surface area contributed by atoms with E-state index in [1.807, 2.05) is 25.1 Å². The summed E-state index contributed by atoms with van der Waals surface area (Å²) in [6, 6.07) is 8.87. The van der Waals surface area contributed by atoms with Crippen molar-refractivity contribution >= 4 is 17.3 Å². The maximum absolute atomic E-state index is 13.5. The summed E-state index contributed by atoms with van der Waals surface area (Å²) < 4.78 is 32.1. The number of hydrogen-bond donors (Lipinski definition) is 1. The van der Waals surface area contributed by atoms with Gasteiger partial charge in [0.25, 0.3) is 0 Å². The Kier molecular flexibility index (Phi) is 5.39. The summed E-state index contributed by atoms with van der Waals surface area (Å²) >= 11 is 5.89. The van der Waals surface area contributed by atoms with E-state index in [1.165, 1.54) is 6.07 Å². The van der Waals surface area contributed by atoms with E-state index in [0.717, 1.165) is 29.1 Å². The Labute approximate surface area is 127 Å². The van der Waals surface area contributed by atoms with E-state index in [-0.39, 0.29) is 12.1 Å². The molecule has 0 bridgehead atoms. The Balaban J connectivity index is 2.11. The second-order valence-electron chi connectivity index (χ2n) is 4.48. The summed E-state index contributed by atoms with van der Waals surface area (Å²) in [5.41, 5.74) is 1.90. The van der Waals surface area contributed by atoms with Crippen molar-refractivity contribution < 1.29 is 13.5 Å². The second-order valence-corrected chi connectivity index (χ2v) is 4.75. The molecular formula is C16H16ClF2NO. The van der Waals surface area contributed by atoms with Gasteiger partial charge in [-0.05, 0) is 43.3 Å². The topological polar surface area (TPSA) is 21.3 Å². The first-order chi connectivity index (χ1) is 10.1. The van der Waals surface area contributed by atoms with Crippen LogP contribution in [0.25, 0.3) is 0 Å². The van der Waals surface area contributed by atoms with E-state index >= 15 is 0 Å². The highest BCUT2D eigenvalue weighted by Gasteiger charge is 2.06. The van der Waals surface area contributed by atoms with Crippen LogP contribution < -0.4 is 10.1 Å². The standard InChI is InChI=1S/C16H16ClF2NO/c1-2-21-16-6-4-14(8-11(16)9-17)20-10-12-7-13(18)3-5-15(12)19/h3-8,20H,2,9-10H2,1H3. The highest BCUT2D eigenvalue weighted by molar-refractivity contribution is 6.17. The quantitative estimate of drug-likeness (QED) is 0.780. The predicted molar refractivity (Wildman–Crippen MR) is 80.9 cm³/mol. The van der Waals surface area contributed by atoms with Gasteiger partial charge in [-0.3, -0.25) is 0 Å². The molecule has 2 nitrogen and oxygen atoms in total. The minimum atomic E-state index is -0.457. The third-order valence-electron chi connectivity index (χ3n) is 3.00. The fourth-order valence-corrected chi connectivity index (χ4v) is 2.18. The minimum absolute atomic E-state index is 0.194. The smallest absolute Gasteiger partial charge is 0.128 e. The Morgan fingerprint density at radius 3 is 2.62 bits per heavy atom. The van der Waals surface area contributed by atoms with Gasteiger partial charge in [-0.2, -0.15) is 0 Å². The first-order valence-electron chi connectivity index (χ1n) is 6.63. The van der Waals surface area contributed by atoms with Crippen molar-refractivity contribution in [2.45, 2.75) is 19.3 Å². The average molecular weight is 312 g/mol. The van der Waals surface area contributed by atoms with Gasteiger partial charge in [-0.15, -0.1) is 11.6 Å². The molecule has 0 amide bonds. The van der Waals surface area contributed by atoms with Gasteiger partial charge in [0, 0.05) is 23.4 Å². The summed E-state index contributed by atoms with van der Waals surface area (Å²) in [5, 5.41) is 3.05. The van der Waals surface area contributed by atoms with Crippen LogP contribution in [0, 0.1) is 11.6 Å². The maximum atomic E-state index is 13.5. The lowest BCUT2D eigenvalue weighted by molar-refractivity contribution is 0.337. The third kappa shape index (κ3) is 4.08. The zero-order chi connectivity index (χ0) is 15.2. The normalized spacial score (nSPS) is 10.5. The van der Waals surface area contributed by atoms with E-state index in [2.05, 4.69) is 5.32 Å². The van der Waals surface area contributed by atoms with Crippen LogP contribution in [0.2, 0.25) is 0 Å². The van der Waals surface area contributed by atoms with E-state index < -0.39 is 11.6 Å². The highest BCUT2D eigenvalue weighted by Crippen LogP contribution is 2.25. The molecule has 0 saturated carbocycles. The molecular weight excluding hydrogens is 296 g/mol. The van der Waals surface area contributed by atoms with Crippen LogP contribution >= 0.6 is 11.6 Å². The van der Waals surface area contributed by atoms with Crippen molar-refractivity contribution in [1.29, 1.82) is 0 Å². The molecule has 0 heterocycles. The predicted octanol–water partition coefficient (Wildman–Crippen LogP) is 4.71. The molecule has 2 rings (SSSR count). The number of rotatable bonds is 6. The lowest BCUT2D eigenvalue weighted by Crippen LogP contribution is -2.03. The Morgan fingerprint density at radius 1 is 1.10 bits per heavy atom. The zero-order valence-electron chi connectivity index (χ0n) is 11.6. The lowest BCUT2D eigenvalue weighted by Gasteiger charge is -2.12. The van der Waals surface area contributed by atoms with Crippen LogP contribution in [0.1, 0.15) is 18.1 Å². The van der Waals surface area contributed by atoms with Gasteiger partial charge in [0.15, 0.2) is 0 Å². The number of hydrogen-bond acceptors (Lipinski definition) is 2. The summed E-state index contributed by atoms with van der Waals surface area (Å²) in [4.78, 5) is 0. The van der Waals surface area contributed by atoms with E-state index in [4.69, 9.17) is 16.3 Å². The number of anilines is 1. The SMILES string of the molecule is CCOc1ccc(NCc2cc(F)ccc2F)cc1CCl. The molecule has 5 heteroatoms. The summed E-state index contributed by atoms with van der Waals surface area (Å²) in [6.45, 7) is 2.65. The molecule has 112 valence electrons. The van der Waals surface area contributed by atoms with Crippen LogP contribution in [0.15, 0.2) is 36.4 Å². The van der Waals surface area contributed by atoms with Gasteiger partial charge >= 0.3 is 0 Å². The van der Waals surface area contributed by atoms with Crippen LogP contribution in [0.5, 0.6) is 5.75 Å². The van der Waals surface area contributed by atoms with Gasteiger partial charge in [-0.1, -0.05) is 0 Å². The average Bonchev–Trinajstić information content (AvgIpc) is 2.49. The molecule has 2 aromatic rings. The first-order valence-corrected chi connectivity index (χ1v) is 7.17. The van der Waals surface area contributed by atoms with Gasteiger partial charge < -0.3 is 10.1 Å². The van der Waals surface area contributed by atoms with Crippen molar-refractivity contribution in [2.75, 3.05) is 11.9 Å². The summed E-state index contributed by atoms with van der Waals surface area (Å²) in [6.07, 6.45) is 0. The fraction of sp³-hybridized carbons (Fsp3) is 0.250. The Hall–Kier alpha value is -1.81. The lowest BCUT2D eigenvalue weighted by atomic mass is 10.1. The molecule has 0 spiro atoms. The highest BCUT2D eigenvalue weighted by atomic mass is 35.5. The van der Waals surface area contributed by atoms with Crippen LogP contribution in [-0.4, -0.2) is 6.61 Å². The first kappa shape index (κ1) is 15.6. The molecule has 0 fully saturated rings. The zero-order valence-corrected chi connectivity index (χ0v) is 12.4. The van der Waals surface area contributed by atoms with Gasteiger partial charge in [0.1, 0.15) is 17.4 Å². The van der Waals surface area contributed by atoms with Crippen molar-refractivity contribution in [3.8, 4) is 5.75 Å². The van der Waals surface area contributed by atoms with Gasteiger partial charge in [0.05, 0.1) is 12.5 Å². The molecule has 1 N–H and O–H groups in total. The van der Waals surface area contributed by atoms with Crippen molar-refractivity contribution in [3.63, 3.8) is 0 Å². The molecule has 21 heavy (non-hydrogen) atoms. The van der Waals surface area contributed by atoms with Gasteiger partial charge in [-0.25, -0.2) is 8.78 Å². The largest absolute Gasteiger partial charge is 0.494 e. The maximum Gasteiger partial charge on any atom is 0.128 e. The second kappa shape index (κ2) is 7.27. The number of alkyl halides is 1. The van der Waals surface area contributed by atoms with E-state index in [1.54, 1.807) is 0 Å². The molecule has 0 aliphatic rings. The molecule has 0 aromatic heterocycles. The number of ether oxygens (including phenoxy) is 1. The monoisotopic (exact) mass is 311 g/mol. The molecule has 0 unspecified atom stereocenters. The molecule has 0 atom stereocenters. The van der Waals surface area contributed by atoms with Crippen molar-refractivity contribution in [1.82, 2.24) is 0 Å². The molecule has 0 aliphatic heterocycles. The Bertz CT molecular complexity index is 619. The van der Waals surface area contributed by atoms with Crippen LogP contribution in [0.3, 0.4) is 0 Å². The summed E-state index contributed by atoms with van der Waals surface area (Å²) in [7, 11) is 0. The van der Waals surface area contributed by atoms with Crippen molar-refractivity contribution in [3.05, 3.63) is 59.2 Å². The molecule has 0 aliphatic carbocycles. The number of halogens is 3. The van der Waals surface area contributed by atoms with E-state index in [9.17, 15) is 8.78 Å². The molecule has 2 aromatic carbocycles. The van der Waals surface area contributed by atoms with Crippen molar-refractivity contribution in [2.24, 2.45) is 0 Å². The number of nitrogens with one attached hydrogen (secondary N) is 1. The van der Waals surface area contributed by atoms with E-state index in [0.29, 0.717) is 12.5 Å². The number of benzene rings is 2. The minimum Gasteiger partial charge on any atom is -0.494 e. The Morgan fingerprint density at radius 2 is 1.90 bits per heavy atom. The molecule has 0 radical (unpaired) electrons. The fourth-order valence-electron chi connectivity index (χ4n) is 1.97. The van der Waals surface area contributed by atoms with Crippen LogP contribution in [0.4, 0.5) is 14.5 Å². The third-order valence-corrected chi connectivity index (χ3v) is 3.28. The summed E-state index contributed by atoms with van der Waals surface area (Å²) in [5.74, 6) is 0.155. The van der Waals surface area contributed by atoms with Crippen LogP contribution in [-0.2, 0) is 12.4 Å². The molecule has 0 saturated heterocycles. The van der Waals surface area contributed by atoms with Gasteiger partial charge in [0.2, 0.25) is 0 Å².